The number of hydrogen-bond donors (Lipinski definition) is 2. The highest BCUT2D eigenvalue weighted by Gasteiger charge is 2.31. The number of hydrogen-bond acceptors (Lipinski definition) is 4. The van der Waals surface area contributed by atoms with Crippen molar-refractivity contribution in [1.82, 2.24) is 4.98 Å². The van der Waals surface area contributed by atoms with E-state index in [1.807, 2.05) is 0 Å². The van der Waals surface area contributed by atoms with Crippen molar-refractivity contribution >= 4 is 28.3 Å². The summed E-state index contributed by atoms with van der Waals surface area (Å²) < 4.78 is 47.2. The highest BCUT2D eigenvalue weighted by Crippen LogP contribution is 2.32. The summed E-state index contributed by atoms with van der Waals surface area (Å²) in [4.78, 5) is 15.8. The predicted molar refractivity (Wildman–Crippen MR) is 102 cm³/mol. The molecule has 0 atom stereocenters. The number of ether oxygens (including phenoxy) is 2. The van der Waals surface area contributed by atoms with Crippen LogP contribution in [0.2, 0.25) is 5.02 Å². The van der Waals surface area contributed by atoms with E-state index >= 15 is 0 Å². The molecule has 2 N–H and O–H groups in total. The highest BCUT2D eigenvalue weighted by molar-refractivity contribution is 6.30. The Hall–Kier alpha value is -2.71. The first-order valence-electron chi connectivity index (χ1n) is 8.60. The van der Waals surface area contributed by atoms with Crippen LogP contribution in [-0.2, 0) is 6.42 Å². The molecule has 3 rings (SSSR count). The van der Waals surface area contributed by atoms with Gasteiger partial charge in [0, 0.05) is 39.7 Å². The summed E-state index contributed by atoms with van der Waals surface area (Å²) in [6.45, 7) is 1.45. The molecule has 0 aliphatic rings. The molecule has 0 spiro atoms. The zero-order valence-electron chi connectivity index (χ0n) is 15.3. The second-order valence-electron chi connectivity index (χ2n) is 6.34. The summed E-state index contributed by atoms with van der Waals surface area (Å²) >= 11 is 5.96. The number of Topliss-reactive ketones (excluding diaryl/α,β-unsaturated/α-hetero) is 1. The lowest BCUT2D eigenvalue weighted by Crippen LogP contribution is -2.17. The molecule has 5 nitrogen and oxygen atoms in total. The highest BCUT2D eigenvalue weighted by atomic mass is 35.5. The zero-order valence-corrected chi connectivity index (χ0v) is 16.0. The van der Waals surface area contributed by atoms with E-state index in [0.717, 1.165) is 0 Å². The Morgan fingerprint density at radius 2 is 2.00 bits per heavy atom. The van der Waals surface area contributed by atoms with Gasteiger partial charge in [0.15, 0.2) is 5.78 Å². The van der Waals surface area contributed by atoms with Crippen LogP contribution in [0.4, 0.5) is 13.2 Å². The first-order chi connectivity index (χ1) is 13.7. The molecule has 0 saturated heterocycles. The molecule has 9 heteroatoms. The van der Waals surface area contributed by atoms with Crippen molar-refractivity contribution in [2.75, 3.05) is 13.2 Å². The Labute approximate surface area is 169 Å². The molecule has 2 aromatic carbocycles. The van der Waals surface area contributed by atoms with Crippen molar-refractivity contribution in [2.45, 2.75) is 19.7 Å². The molecule has 0 fully saturated rings. The van der Waals surface area contributed by atoms with Crippen LogP contribution in [0.25, 0.3) is 10.9 Å². The molecule has 0 amide bonds. The first kappa shape index (κ1) is 21.0. The summed E-state index contributed by atoms with van der Waals surface area (Å²) in [6, 6.07) is 7.20. The minimum Gasteiger partial charge on any atom is -0.491 e. The fourth-order valence-electron chi connectivity index (χ4n) is 3.04. The third-order valence-electron chi connectivity index (χ3n) is 4.22. The van der Waals surface area contributed by atoms with Crippen LogP contribution in [0.1, 0.15) is 21.5 Å². The topological polar surface area (TPSA) is 71.6 Å². The molecule has 29 heavy (non-hydrogen) atoms. The Morgan fingerprint density at radius 1 is 1.24 bits per heavy atom. The number of aromatic amines is 1. The number of ketones is 1. The van der Waals surface area contributed by atoms with Gasteiger partial charge < -0.3 is 19.6 Å². The number of aryl methyl sites for hydroxylation is 1. The summed E-state index contributed by atoms with van der Waals surface area (Å²) in [7, 11) is 0. The molecule has 3 aromatic rings. The van der Waals surface area contributed by atoms with Gasteiger partial charge in [-0.25, -0.2) is 0 Å². The number of aliphatic hydroxyl groups excluding tert-OH is 1. The van der Waals surface area contributed by atoms with E-state index in [4.69, 9.17) is 21.4 Å². The Kier molecular flexibility index (Phi) is 6.04. The molecule has 154 valence electrons. The second kappa shape index (κ2) is 8.34. The van der Waals surface area contributed by atoms with Crippen molar-refractivity contribution in [1.29, 1.82) is 0 Å². The largest absolute Gasteiger partial charge is 0.573 e. The second-order valence-corrected chi connectivity index (χ2v) is 6.77. The van der Waals surface area contributed by atoms with Crippen molar-refractivity contribution in [3.63, 3.8) is 0 Å². The average molecular weight is 428 g/mol. The standard InChI is InChI=1S/C20H17ClF3NO4/c1-11-6-14(29-20(22,23)24)9-15-16(10-25-19(11)15)17(27)7-12-2-3-13(21)8-18(12)28-5-4-26/h2-3,6,8-10,25-26H,4-5,7H2,1H3. The number of rotatable bonds is 7. The van der Waals surface area contributed by atoms with Gasteiger partial charge in [-0.05, 0) is 36.8 Å². The van der Waals surface area contributed by atoms with E-state index in [2.05, 4.69) is 9.72 Å². The normalized spacial score (nSPS) is 11.7. The number of benzene rings is 2. The molecule has 0 unspecified atom stereocenters. The maximum Gasteiger partial charge on any atom is 0.573 e. The van der Waals surface area contributed by atoms with Crippen LogP contribution in [0.3, 0.4) is 0 Å². The van der Waals surface area contributed by atoms with Gasteiger partial charge in [0.1, 0.15) is 18.1 Å². The van der Waals surface area contributed by atoms with Crippen molar-refractivity contribution in [3.8, 4) is 11.5 Å². The summed E-state index contributed by atoms with van der Waals surface area (Å²) in [5.41, 5.74) is 1.84. The van der Waals surface area contributed by atoms with Gasteiger partial charge in [-0.15, -0.1) is 13.2 Å². The zero-order chi connectivity index (χ0) is 21.2. The summed E-state index contributed by atoms with van der Waals surface area (Å²) in [6.07, 6.45) is -3.43. The lowest BCUT2D eigenvalue weighted by molar-refractivity contribution is -0.274. The molecule has 0 aliphatic carbocycles. The van der Waals surface area contributed by atoms with Crippen molar-refractivity contribution < 1.29 is 32.5 Å². The van der Waals surface area contributed by atoms with E-state index in [-0.39, 0.29) is 31.0 Å². The Bertz CT molecular complexity index is 1050. The monoisotopic (exact) mass is 427 g/mol. The summed E-state index contributed by atoms with van der Waals surface area (Å²) in [5, 5.41) is 9.69. The predicted octanol–water partition coefficient (Wildman–Crippen LogP) is 4.82. The smallest absolute Gasteiger partial charge is 0.491 e. The lowest BCUT2D eigenvalue weighted by Gasteiger charge is -2.11. The van der Waals surface area contributed by atoms with Crippen LogP contribution in [0.15, 0.2) is 36.5 Å². The lowest BCUT2D eigenvalue weighted by atomic mass is 10.0. The summed E-state index contributed by atoms with van der Waals surface area (Å²) in [5.74, 6) is -0.359. The SMILES string of the molecule is Cc1cc(OC(F)(F)F)cc2c(C(=O)Cc3ccc(Cl)cc3OCCO)c[nH]c12. The van der Waals surface area contributed by atoms with E-state index in [1.54, 1.807) is 19.1 Å². The van der Waals surface area contributed by atoms with Gasteiger partial charge in [-0.2, -0.15) is 0 Å². The molecular weight excluding hydrogens is 411 g/mol. The van der Waals surface area contributed by atoms with Gasteiger partial charge >= 0.3 is 6.36 Å². The van der Waals surface area contributed by atoms with Crippen LogP contribution >= 0.6 is 11.6 Å². The fourth-order valence-corrected chi connectivity index (χ4v) is 3.20. The minimum atomic E-state index is -4.83. The molecular formula is C20H17ClF3NO4. The van der Waals surface area contributed by atoms with Crippen molar-refractivity contribution in [2.24, 2.45) is 0 Å². The fraction of sp³-hybridized carbons (Fsp3) is 0.250. The number of alkyl halides is 3. The molecule has 1 aromatic heterocycles. The third-order valence-corrected chi connectivity index (χ3v) is 4.46. The number of nitrogens with one attached hydrogen (secondary N) is 1. The molecule has 0 bridgehead atoms. The van der Waals surface area contributed by atoms with E-state index in [9.17, 15) is 18.0 Å². The van der Waals surface area contributed by atoms with Crippen molar-refractivity contribution in [3.05, 3.63) is 58.2 Å². The van der Waals surface area contributed by atoms with Gasteiger partial charge in [0.25, 0.3) is 0 Å². The van der Waals surface area contributed by atoms with Crippen LogP contribution in [0.5, 0.6) is 11.5 Å². The van der Waals surface area contributed by atoms with Crippen LogP contribution in [-0.4, -0.2) is 35.4 Å². The number of H-pyrrole nitrogens is 1. The maximum absolute atomic E-state index is 12.9. The third kappa shape index (κ3) is 5.02. The Balaban J connectivity index is 1.94. The van der Waals surface area contributed by atoms with Gasteiger partial charge in [0.2, 0.25) is 0 Å². The Morgan fingerprint density at radius 3 is 2.69 bits per heavy atom. The van der Waals surface area contributed by atoms with Crippen LogP contribution < -0.4 is 9.47 Å². The minimum absolute atomic E-state index is 0.0337. The molecule has 0 saturated carbocycles. The first-order valence-corrected chi connectivity index (χ1v) is 8.98. The van der Waals surface area contributed by atoms with Crippen LogP contribution in [0, 0.1) is 6.92 Å². The van der Waals surface area contributed by atoms with E-state index < -0.39 is 12.1 Å². The number of halogens is 4. The number of aliphatic hydroxyl groups is 1. The quantitative estimate of drug-likeness (QED) is 0.530. The number of aromatic nitrogens is 1. The number of carbonyl (C=O) groups excluding carboxylic acids is 1. The number of fused-ring (bicyclic) bond motifs is 1. The molecule has 1 heterocycles. The molecule has 0 radical (unpaired) electrons. The molecule has 0 aliphatic heterocycles. The number of carbonyl (C=O) groups is 1. The van der Waals surface area contributed by atoms with Gasteiger partial charge in [-0.3, -0.25) is 4.79 Å². The average Bonchev–Trinajstić information content (AvgIpc) is 3.05. The van der Waals surface area contributed by atoms with E-state index in [0.29, 0.717) is 32.8 Å². The van der Waals surface area contributed by atoms with Gasteiger partial charge in [-0.1, -0.05) is 17.7 Å². The van der Waals surface area contributed by atoms with Gasteiger partial charge in [0.05, 0.1) is 6.61 Å². The van der Waals surface area contributed by atoms with E-state index in [1.165, 1.54) is 24.4 Å². The maximum atomic E-state index is 12.9.